The number of nitrogens with zero attached hydrogens (tertiary/aromatic N) is 2. The number of carbonyl (C=O) groups is 1. The van der Waals surface area contributed by atoms with Crippen LogP contribution in [0.25, 0.3) is 11.0 Å². The molecule has 0 radical (unpaired) electrons. The normalized spacial score (nSPS) is 20.9. The van der Waals surface area contributed by atoms with Crippen LogP contribution < -0.4 is 15.6 Å². The molecule has 144 valence electrons. The maximum absolute atomic E-state index is 13.5. The van der Waals surface area contributed by atoms with Crippen molar-refractivity contribution in [2.45, 2.75) is 19.4 Å². The Bertz CT molecular complexity index is 888. The average molecular weight is 371 g/mol. The molecule has 1 N–H and O–H groups in total. The first-order valence-corrected chi connectivity index (χ1v) is 9.61. The number of anilines is 1. The van der Waals surface area contributed by atoms with E-state index in [1.54, 1.807) is 18.2 Å². The average Bonchev–Trinajstić information content (AvgIpc) is 2.74. The van der Waals surface area contributed by atoms with Gasteiger partial charge >= 0.3 is 0 Å². The molecular weight excluding hydrogens is 346 g/mol. The van der Waals surface area contributed by atoms with Crippen molar-refractivity contribution in [1.29, 1.82) is 0 Å². The van der Waals surface area contributed by atoms with Crippen molar-refractivity contribution in [3.8, 4) is 0 Å². The van der Waals surface area contributed by atoms with Gasteiger partial charge in [-0.05, 0) is 18.6 Å². The largest absolute Gasteiger partial charge is 0.439 e. The number of hydrogen-bond donors (Lipinski definition) is 1. The second-order valence-electron chi connectivity index (χ2n) is 6.97. The van der Waals surface area contributed by atoms with Crippen LogP contribution in [-0.4, -0.2) is 62.8 Å². The number of morpholine rings is 1. The van der Waals surface area contributed by atoms with Gasteiger partial charge in [0.25, 0.3) is 5.91 Å². The fourth-order valence-corrected chi connectivity index (χ4v) is 3.84. The lowest BCUT2D eigenvalue weighted by Crippen LogP contribution is -2.54. The second kappa shape index (κ2) is 7.70. The summed E-state index contributed by atoms with van der Waals surface area (Å²) >= 11 is 0. The number of piperazine rings is 1. The lowest BCUT2D eigenvalue weighted by atomic mass is 10.1. The molecule has 1 amide bonds. The van der Waals surface area contributed by atoms with Gasteiger partial charge in [-0.25, -0.2) is 0 Å². The Kier molecular flexibility index (Phi) is 5.13. The molecule has 0 spiro atoms. The number of carbonyl (C=O) groups excluding carboxylic acids is 1. The standard InChI is InChI=1S/C20H25N3O4/c1-2-14-13-21-7-8-23(14)19(25)17-18(24)15-5-3-4-6-16(15)27-20(17)22-9-11-26-12-10-22/h3-6,14,21H,2,7-13H2,1H3. The molecule has 2 aliphatic rings. The Morgan fingerprint density at radius 2 is 2.00 bits per heavy atom. The molecule has 1 atom stereocenters. The first-order valence-electron chi connectivity index (χ1n) is 9.61. The molecule has 2 saturated heterocycles. The molecule has 1 unspecified atom stereocenters. The highest BCUT2D eigenvalue weighted by molar-refractivity contribution is 6.01. The van der Waals surface area contributed by atoms with Gasteiger partial charge < -0.3 is 24.3 Å². The van der Waals surface area contributed by atoms with Crippen LogP contribution in [0, 0.1) is 0 Å². The Morgan fingerprint density at radius 3 is 2.78 bits per heavy atom. The first kappa shape index (κ1) is 18.0. The first-order chi connectivity index (χ1) is 13.2. The van der Waals surface area contributed by atoms with Gasteiger partial charge in [-0.1, -0.05) is 19.1 Å². The summed E-state index contributed by atoms with van der Waals surface area (Å²) in [6.45, 7) is 6.42. The molecule has 1 aromatic carbocycles. The Morgan fingerprint density at radius 1 is 1.22 bits per heavy atom. The molecule has 4 rings (SSSR count). The van der Waals surface area contributed by atoms with Crippen LogP contribution >= 0.6 is 0 Å². The molecule has 27 heavy (non-hydrogen) atoms. The third-order valence-corrected chi connectivity index (χ3v) is 5.37. The number of hydrogen-bond acceptors (Lipinski definition) is 6. The topological polar surface area (TPSA) is 75.0 Å². The van der Waals surface area contributed by atoms with Gasteiger partial charge in [0, 0.05) is 38.8 Å². The maximum atomic E-state index is 13.5. The smallest absolute Gasteiger partial charge is 0.263 e. The Hall–Kier alpha value is -2.38. The molecular formula is C20H25N3O4. The number of ether oxygens (including phenoxy) is 1. The predicted octanol–water partition coefficient (Wildman–Crippen LogP) is 1.45. The van der Waals surface area contributed by atoms with Crippen molar-refractivity contribution in [3.05, 3.63) is 40.1 Å². The fraction of sp³-hybridized carbons (Fsp3) is 0.500. The summed E-state index contributed by atoms with van der Waals surface area (Å²) in [4.78, 5) is 30.5. The molecule has 3 heterocycles. The minimum atomic E-state index is -0.253. The van der Waals surface area contributed by atoms with Gasteiger partial charge in [-0.2, -0.15) is 0 Å². The zero-order valence-corrected chi connectivity index (χ0v) is 15.6. The third kappa shape index (κ3) is 3.33. The van der Waals surface area contributed by atoms with E-state index in [1.165, 1.54) is 0 Å². The van der Waals surface area contributed by atoms with Crippen molar-refractivity contribution >= 4 is 22.8 Å². The van der Waals surface area contributed by atoms with Crippen molar-refractivity contribution in [2.24, 2.45) is 0 Å². The fourth-order valence-electron chi connectivity index (χ4n) is 3.84. The van der Waals surface area contributed by atoms with E-state index in [-0.39, 0.29) is 22.9 Å². The third-order valence-electron chi connectivity index (χ3n) is 5.37. The molecule has 2 aromatic rings. The van der Waals surface area contributed by atoms with E-state index in [0.717, 1.165) is 19.5 Å². The number of benzene rings is 1. The summed E-state index contributed by atoms with van der Waals surface area (Å²) in [6.07, 6.45) is 0.838. The molecule has 7 heteroatoms. The van der Waals surface area contributed by atoms with E-state index in [2.05, 4.69) is 12.2 Å². The minimum absolute atomic E-state index is 0.0784. The van der Waals surface area contributed by atoms with E-state index in [9.17, 15) is 9.59 Å². The summed E-state index contributed by atoms with van der Waals surface area (Å²) in [5.74, 6) is 0.143. The van der Waals surface area contributed by atoms with E-state index in [0.29, 0.717) is 49.7 Å². The molecule has 0 saturated carbocycles. The second-order valence-corrected chi connectivity index (χ2v) is 6.97. The molecule has 2 aliphatic heterocycles. The van der Waals surface area contributed by atoms with Crippen LogP contribution in [0.2, 0.25) is 0 Å². The number of amides is 1. The molecule has 1 aromatic heterocycles. The Balaban J connectivity index is 1.85. The van der Waals surface area contributed by atoms with Crippen molar-refractivity contribution in [3.63, 3.8) is 0 Å². The lowest BCUT2D eigenvalue weighted by Gasteiger charge is -2.36. The number of nitrogens with one attached hydrogen (secondary N) is 1. The number of rotatable bonds is 3. The van der Waals surface area contributed by atoms with Crippen LogP contribution in [0.3, 0.4) is 0 Å². The van der Waals surface area contributed by atoms with Crippen LogP contribution in [-0.2, 0) is 4.74 Å². The summed E-state index contributed by atoms with van der Waals surface area (Å²) in [6, 6.07) is 7.20. The monoisotopic (exact) mass is 371 g/mol. The molecule has 2 fully saturated rings. The highest BCUT2D eigenvalue weighted by Crippen LogP contribution is 2.26. The van der Waals surface area contributed by atoms with Gasteiger partial charge in [0.1, 0.15) is 11.1 Å². The number of para-hydroxylation sites is 1. The summed E-state index contributed by atoms with van der Waals surface area (Å²) in [5.41, 5.74) is 0.403. The Labute approximate surface area is 157 Å². The quantitative estimate of drug-likeness (QED) is 0.880. The van der Waals surface area contributed by atoms with Gasteiger partial charge in [0.05, 0.1) is 18.6 Å². The minimum Gasteiger partial charge on any atom is -0.439 e. The highest BCUT2D eigenvalue weighted by Gasteiger charge is 2.33. The van der Waals surface area contributed by atoms with Crippen LogP contribution in [0.5, 0.6) is 0 Å². The van der Waals surface area contributed by atoms with Gasteiger partial charge in [0.2, 0.25) is 11.3 Å². The summed E-state index contributed by atoms with van der Waals surface area (Å²) in [7, 11) is 0. The maximum Gasteiger partial charge on any atom is 0.263 e. The molecule has 0 bridgehead atoms. The van der Waals surface area contributed by atoms with Crippen LogP contribution in [0.4, 0.5) is 5.88 Å². The lowest BCUT2D eigenvalue weighted by molar-refractivity contribution is 0.0627. The molecule has 0 aliphatic carbocycles. The van der Waals surface area contributed by atoms with Crippen molar-refractivity contribution < 1.29 is 13.9 Å². The van der Waals surface area contributed by atoms with Crippen LogP contribution in [0.1, 0.15) is 23.7 Å². The zero-order chi connectivity index (χ0) is 18.8. The van der Waals surface area contributed by atoms with Crippen LogP contribution in [0.15, 0.2) is 33.5 Å². The van der Waals surface area contributed by atoms with E-state index >= 15 is 0 Å². The van der Waals surface area contributed by atoms with Crippen molar-refractivity contribution in [1.82, 2.24) is 10.2 Å². The highest BCUT2D eigenvalue weighted by atomic mass is 16.5. The zero-order valence-electron chi connectivity index (χ0n) is 15.6. The van der Waals surface area contributed by atoms with Gasteiger partial charge in [-0.3, -0.25) is 9.59 Å². The summed E-state index contributed by atoms with van der Waals surface area (Å²) in [5, 5.41) is 3.77. The van der Waals surface area contributed by atoms with Gasteiger partial charge in [-0.15, -0.1) is 0 Å². The van der Waals surface area contributed by atoms with Gasteiger partial charge in [0.15, 0.2) is 0 Å². The van der Waals surface area contributed by atoms with Crippen molar-refractivity contribution in [2.75, 3.05) is 50.8 Å². The SMILES string of the molecule is CCC1CNCCN1C(=O)c1c(N2CCOCC2)oc2ccccc2c1=O. The van der Waals surface area contributed by atoms with E-state index in [4.69, 9.17) is 9.15 Å². The number of fused-ring (bicyclic) bond motifs is 1. The van der Waals surface area contributed by atoms with E-state index < -0.39 is 0 Å². The summed E-state index contributed by atoms with van der Waals surface area (Å²) < 4.78 is 11.5. The van der Waals surface area contributed by atoms with E-state index in [1.807, 2.05) is 15.9 Å². The molecule has 7 nitrogen and oxygen atoms in total. The predicted molar refractivity (Wildman–Crippen MR) is 104 cm³/mol.